The van der Waals surface area contributed by atoms with Gasteiger partial charge in [0.1, 0.15) is 17.7 Å². The van der Waals surface area contributed by atoms with Crippen molar-refractivity contribution in [3.05, 3.63) is 34.9 Å². The second-order valence-electron chi connectivity index (χ2n) is 11.0. The zero-order valence-electron chi connectivity index (χ0n) is 24.5. The molecule has 0 saturated carbocycles. The number of primary amides is 1. The van der Waals surface area contributed by atoms with Gasteiger partial charge in [-0.05, 0) is 77.5 Å². The van der Waals surface area contributed by atoms with Crippen molar-refractivity contribution < 1.29 is 23.9 Å². The van der Waals surface area contributed by atoms with Gasteiger partial charge in [-0.3, -0.25) is 14.4 Å². The van der Waals surface area contributed by atoms with Crippen LogP contribution in [0.4, 0.5) is 4.79 Å². The van der Waals surface area contributed by atoms with Gasteiger partial charge in [0.25, 0.3) is 0 Å². The maximum absolute atomic E-state index is 14.1. The van der Waals surface area contributed by atoms with Crippen LogP contribution < -0.4 is 16.4 Å². The summed E-state index contributed by atoms with van der Waals surface area (Å²) in [6.45, 7) is 15.4. The highest BCUT2D eigenvalue weighted by atomic mass is 16.6. The van der Waals surface area contributed by atoms with Crippen LogP contribution in [0.25, 0.3) is 0 Å². The van der Waals surface area contributed by atoms with E-state index in [-0.39, 0.29) is 24.8 Å². The highest BCUT2D eigenvalue weighted by molar-refractivity contribution is 5.92. The minimum atomic E-state index is -1.09. The monoisotopic (exact) mass is 532 g/mol. The summed E-state index contributed by atoms with van der Waals surface area (Å²) in [5.41, 5.74) is 7.24. The first-order valence-electron chi connectivity index (χ1n) is 13.7. The molecule has 0 spiro atoms. The molecule has 0 radical (unpaired) electrons. The average molecular weight is 533 g/mol. The third-order valence-electron chi connectivity index (χ3n) is 6.32. The lowest BCUT2D eigenvalue weighted by molar-refractivity contribution is -0.143. The Morgan fingerprint density at radius 1 is 1.03 bits per heavy atom. The molecule has 0 aliphatic rings. The van der Waals surface area contributed by atoms with Gasteiger partial charge >= 0.3 is 6.09 Å². The lowest BCUT2D eigenvalue weighted by atomic mass is 9.94. The summed E-state index contributed by atoms with van der Waals surface area (Å²) in [5, 5.41) is 5.71. The van der Waals surface area contributed by atoms with Gasteiger partial charge in [0.05, 0.1) is 0 Å². The maximum Gasteiger partial charge on any atom is 0.408 e. The van der Waals surface area contributed by atoms with Crippen LogP contribution in [0.5, 0.6) is 0 Å². The molecule has 214 valence electrons. The number of amides is 4. The third-order valence-corrected chi connectivity index (χ3v) is 6.32. The van der Waals surface area contributed by atoms with Crippen molar-refractivity contribution in [1.29, 1.82) is 0 Å². The molecule has 38 heavy (non-hydrogen) atoms. The van der Waals surface area contributed by atoms with Gasteiger partial charge in [0.15, 0.2) is 0 Å². The van der Waals surface area contributed by atoms with Crippen molar-refractivity contribution in [2.24, 2.45) is 5.73 Å². The van der Waals surface area contributed by atoms with Crippen LogP contribution in [-0.2, 0) is 19.1 Å². The van der Waals surface area contributed by atoms with Gasteiger partial charge in [-0.2, -0.15) is 0 Å². The number of nitrogens with two attached hydrogens (primary N) is 1. The summed E-state index contributed by atoms with van der Waals surface area (Å²) in [6.07, 6.45) is 2.26. The van der Waals surface area contributed by atoms with E-state index in [1.165, 1.54) is 4.90 Å². The summed E-state index contributed by atoms with van der Waals surface area (Å²) in [7, 11) is 0. The van der Waals surface area contributed by atoms with Crippen LogP contribution >= 0.6 is 0 Å². The maximum atomic E-state index is 14.1. The first kappa shape index (κ1) is 32.9. The summed E-state index contributed by atoms with van der Waals surface area (Å²) in [5.74, 6) is -1.34. The largest absolute Gasteiger partial charge is 0.444 e. The number of unbranched alkanes of at least 4 members (excludes halogenated alkanes) is 1. The molecule has 3 unspecified atom stereocenters. The topological polar surface area (TPSA) is 131 Å². The molecule has 3 atom stereocenters. The molecule has 1 aromatic rings. The normalized spacial score (nSPS) is 13.7. The second-order valence-corrected chi connectivity index (χ2v) is 11.0. The zero-order valence-corrected chi connectivity index (χ0v) is 24.5. The van der Waals surface area contributed by atoms with Gasteiger partial charge in [0.2, 0.25) is 17.7 Å². The lowest BCUT2D eigenvalue weighted by Crippen LogP contribution is -2.54. The van der Waals surface area contributed by atoms with Crippen LogP contribution in [0, 0.1) is 13.8 Å². The summed E-state index contributed by atoms with van der Waals surface area (Å²) in [6, 6.07) is 3.62. The fourth-order valence-electron chi connectivity index (χ4n) is 4.24. The number of rotatable bonds is 14. The van der Waals surface area contributed by atoms with Crippen molar-refractivity contribution in [1.82, 2.24) is 15.5 Å². The molecule has 0 aromatic heterocycles. The molecule has 0 aliphatic heterocycles. The van der Waals surface area contributed by atoms with Crippen LogP contribution in [0.3, 0.4) is 0 Å². The van der Waals surface area contributed by atoms with Gasteiger partial charge in [-0.1, -0.05) is 44.9 Å². The van der Waals surface area contributed by atoms with Gasteiger partial charge in [0, 0.05) is 19.0 Å². The highest BCUT2D eigenvalue weighted by Gasteiger charge is 2.37. The molecule has 4 N–H and O–H groups in total. The van der Waals surface area contributed by atoms with Crippen LogP contribution in [0.1, 0.15) is 103 Å². The van der Waals surface area contributed by atoms with Gasteiger partial charge in [-0.25, -0.2) is 4.79 Å². The fraction of sp³-hybridized carbons (Fsp3) is 0.655. The van der Waals surface area contributed by atoms with E-state index in [1.807, 2.05) is 52.8 Å². The van der Waals surface area contributed by atoms with E-state index < -0.39 is 35.6 Å². The fourth-order valence-corrected chi connectivity index (χ4v) is 4.24. The predicted octanol–water partition coefficient (Wildman–Crippen LogP) is 4.44. The predicted molar refractivity (Wildman–Crippen MR) is 149 cm³/mol. The third kappa shape index (κ3) is 10.7. The van der Waals surface area contributed by atoms with E-state index in [4.69, 9.17) is 10.5 Å². The van der Waals surface area contributed by atoms with E-state index in [9.17, 15) is 19.2 Å². The van der Waals surface area contributed by atoms with Crippen molar-refractivity contribution in [2.75, 3.05) is 6.54 Å². The number of alkyl carbamates (subject to hydrolysis) is 1. The van der Waals surface area contributed by atoms with E-state index in [1.54, 1.807) is 20.8 Å². The Balaban J connectivity index is 3.57. The van der Waals surface area contributed by atoms with E-state index in [0.29, 0.717) is 13.0 Å². The summed E-state index contributed by atoms with van der Waals surface area (Å²) >= 11 is 0. The lowest BCUT2D eigenvalue weighted by Gasteiger charge is -2.36. The Hall–Kier alpha value is -3.10. The zero-order chi connectivity index (χ0) is 29.0. The van der Waals surface area contributed by atoms with Crippen molar-refractivity contribution in [2.45, 2.75) is 118 Å². The Morgan fingerprint density at radius 3 is 2.24 bits per heavy atom. The molecule has 0 bridgehead atoms. The molecule has 0 fully saturated rings. The first-order valence-corrected chi connectivity index (χ1v) is 13.7. The second kappa shape index (κ2) is 15.3. The Bertz CT molecular complexity index is 957. The Morgan fingerprint density at radius 2 is 1.68 bits per heavy atom. The van der Waals surface area contributed by atoms with Gasteiger partial charge in [-0.15, -0.1) is 0 Å². The van der Waals surface area contributed by atoms with E-state index in [0.717, 1.165) is 36.0 Å². The van der Waals surface area contributed by atoms with Crippen LogP contribution in [0.2, 0.25) is 0 Å². The molecule has 4 amide bonds. The van der Waals surface area contributed by atoms with Crippen LogP contribution in [-0.4, -0.2) is 52.9 Å². The average Bonchev–Trinajstić information content (AvgIpc) is 2.80. The number of aryl methyl sites for hydroxylation is 1. The standard InChI is InChI=1S/C29H48N4O5/c1-9-11-18-33(27(36)23(16-17-24(30)34)32-28(37)38-29(6,7)8)25(26(35)31-20(4)13-10-2)22-15-12-14-19(3)21(22)5/h12,14-15,20,23,25H,9-11,13,16-18H2,1-8H3,(H2,30,34)(H,31,35)(H,32,37). The number of hydrogen-bond donors (Lipinski definition) is 3. The number of nitrogens with one attached hydrogen (secondary N) is 2. The number of hydrogen-bond acceptors (Lipinski definition) is 5. The van der Waals surface area contributed by atoms with Crippen LogP contribution in [0.15, 0.2) is 18.2 Å². The quantitative estimate of drug-likeness (QED) is 0.326. The summed E-state index contributed by atoms with van der Waals surface area (Å²) < 4.78 is 5.38. The minimum absolute atomic E-state index is 0.0105. The van der Waals surface area contributed by atoms with Crippen molar-refractivity contribution >= 4 is 23.8 Å². The van der Waals surface area contributed by atoms with E-state index >= 15 is 0 Å². The Labute approximate surface area is 228 Å². The molecule has 9 nitrogen and oxygen atoms in total. The molecular weight excluding hydrogens is 484 g/mol. The van der Waals surface area contributed by atoms with E-state index in [2.05, 4.69) is 10.6 Å². The highest BCUT2D eigenvalue weighted by Crippen LogP contribution is 2.28. The molecule has 0 heterocycles. The molecule has 0 saturated heterocycles. The number of carbonyl (C=O) groups is 4. The molecule has 0 aliphatic carbocycles. The minimum Gasteiger partial charge on any atom is -0.444 e. The number of ether oxygens (including phenoxy) is 1. The smallest absolute Gasteiger partial charge is 0.408 e. The molecule has 1 aromatic carbocycles. The SMILES string of the molecule is CCCCN(C(=O)C(CCC(N)=O)NC(=O)OC(C)(C)C)C(C(=O)NC(C)CCC)c1cccc(C)c1C. The molecule has 1 rings (SSSR count). The summed E-state index contributed by atoms with van der Waals surface area (Å²) in [4.78, 5) is 53.7. The van der Waals surface area contributed by atoms with Crippen molar-refractivity contribution in [3.8, 4) is 0 Å². The Kier molecular flexibility index (Phi) is 13.3. The molecular formula is C29H48N4O5. The molecule has 9 heteroatoms. The van der Waals surface area contributed by atoms with Gasteiger partial charge < -0.3 is 26.0 Å². The number of carbonyl (C=O) groups excluding carboxylic acids is 4. The first-order chi connectivity index (χ1) is 17.7. The number of nitrogens with zero attached hydrogens (tertiary/aromatic N) is 1. The number of benzene rings is 1. The van der Waals surface area contributed by atoms with Crippen molar-refractivity contribution in [3.63, 3.8) is 0 Å².